The lowest BCUT2D eigenvalue weighted by molar-refractivity contribution is 0.414. The van der Waals surface area contributed by atoms with Crippen LogP contribution >= 0.6 is 11.3 Å². The molecule has 0 atom stereocenters. The average Bonchev–Trinajstić information content (AvgIpc) is 2.84. The van der Waals surface area contributed by atoms with E-state index in [1.807, 2.05) is 12.1 Å². The van der Waals surface area contributed by atoms with Crippen LogP contribution in [0.25, 0.3) is 0 Å². The van der Waals surface area contributed by atoms with E-state index in [0.29, 0.717) is 0 Å². The monoisotopic (exact) mass is 262 g/mol. The Morgan fingerprint density at radius 1 is 1.39 bits per heavy atom. The molecule has 1 aromatic heterocycles. The second-order valence-electron chi connectivity index (χ2n) is 4.04. The van der Waals surface area contributed by atoms with Gasteiger partial charge in [-0.15, -0.1) is 11.3 Å². The van der Waals surface area contributed by atoms with Crippen LogP contribution in [0.4, 0.5) is 0 Å². The van der Waals surface area contributed by atoms with E-state index in [1.54, 1.807) is 18.4 Å². The first-order valence-corrected chi connectivity index (χ1v) is 6.96. The number of aromatic nitrogens is 1. The van der Waals surface area contributed by atoms with E-state index in [-0.39, 0.29) is 0 Å². The van der Waals surface area contributed by atoms with E-state index in [4.69, 9.17) is 4.74 Å². The Morgan fingerprint density at radius 2 is 2.28 bits per heavy atom. The number of hydrogen-bond acceptors (Lipinski definition) is 4. The zero-order valence-electron chi connectivity index (χ0n) is 10.8. The minimum Gasteiger partial charge on any atom is -0.497 e. The van der Waals surface area contributed by atoms with Crippen molar-refractivity contribution in [1.29, 1.82) is 0 Å². The highest BCUT2D eigenvalue weighted by atomic mass is 32.1. The van der Waals surface area contributed by atoms with E-state index < -0.39 is 0 Å². The molecule has 0 spiro atoms. The van der Waals surface area contributed by atoms with Crippen molar-refractivity contribution in [1.82, 2.24) is 10.3 Å². The van der Waals surface area contributed by atoms with Crippen molar-refractivity contribution < 1.29 is 4.74 Å². The van der Waals surface area contributed by atoms with Crippen molar-refractivity contribution in [2.45, 2.75) is 19.9 Å². The summed E-state index contributed by atoms with van der Waals surface area (Å²) in [5.74, 6) is 0.900. The smallest absolute Gasteiger partial charge is 0.119 e. The number of nitrogens with zero attached hydrogens (tertiary/aromatic N) is 1. The van der Waals surface area contributed by atoms with Crippen molar-refractivity contribution in [2.24, 2.45) is 0 Å². The fourth-order valence-electron chi connectivity index (χ4n) is 1.72. The molecule has 0 radical (unpaired) electrons. The Hall–Kier alpha value is -1.39. The number of methoxy groups -OCH3 is 1. The minimum absolute atomic E-state index is 0.852. The summed E-state index contributed by atoms with van der Waals surface area (Å²) in [6.45, 7) is 3.93. The fraction of sp³-hybridized carbons (Fsp3) is 0.357. The summed E-state index contributed by atoms with van der Waals surface area (Å²) >= 11 is 1.72. The van der Waals surface area contributed by atoms with E-state index in [9.17, 15) is 0 Å². The Bertz CT molecular complexity index is 496. The van der Waals surface area contributed by atoms with Crippen LogP contribution in [0, 0.1) is 0 Å². The molecule has 1 heterocycles. The summed E-state index contributed by atoms with van der Waals surface area (Å²) in [6, 6.07) is 8.14. The molecular formula is C14H18N2OS. The van der Waals surface area contributed by atoms with Crippen LogP contribution in [0.3, 0.4) is 0 Å². The lowest BCUT2D eigenvalue weighted by Gasteiger charge is -2.02. The second kappa shape index (κ2) is 6.52. The Balaban J connectivity index is 2.01. The largest absolute Gasteiger partial charge is 0.497 e. The maximum absolute atomic E-state index is 5.22. The first kappa shape index (κ1) is 13.1. The molecule has 96 valence electrons. The molecule has 3 nitrogen and oxygen atoms in total. The quantitative estimate of drug-likeness (QED) is 0.869. The second-order valence-corrected chi connectivity index (χ2v) is 4.98. The molecule has 0 bridgehead atoms. The maximum Gasteiger partial charge on any atom is 0.119 e. The van der Waals surface area contributed by atoms with Gasteiger partial charge in [-0.25, -0.2) is 4.98 Å². The van der Waals surface area contributed by atoms with Gasteiger partial charge in [-0.1, -0.05) is 19.1 Å². The van der Waals surface area contributed by atoms with E-state index in [0.717, 1.165) is 36.0 Å². The summed E-state index contributed by atoms with van der Waals surface area (Å²) in [4.78, 5) is 4.61. The third-order valence-corrected chi connectivity index (χ3v) is 3.54. The van der Waals surface area contributed by atoms with Gasteiger partial charge in [-0.2, -0.15) is 0 Å². The number of nitrogens with one attached hydrogen (secondary N) is 1. The van der Waals surface area contributed by atoms with E-state index >= 15 is 0 Å². The van der Waals surface area contributed by atoms with Gasteiger partial charge < -0.3 is 10.1 Å². The van der Waals surface area contributed by atoms with Crippen LogP contribution in [-0.4, -0.2) is 18.6 Å². The van der Waals surface area contributed by atoms with Crippen LogP contribution in [0.15, 0.2) is 29.6 Å². The zero-order valence-corrected chi connectivity index (χ0v) is 11.6. The van der Waals surface area contributed by atoms with Crippen molar-refractivity contribution in [3.63, 3.8) is 0 Å². The van der Waals surface area contributed by atoms with Gasteiger partial charge in [0.2, 0.25) is 0 Å². The summed E-state index contributed by atoms with van der Waals surface area (Å²) in [5, 5.41) is 6.56. The number of hydrogen-bond donors (Lipinski definition) is 1. The molecule has 2 rings (SSSR count). The molecule has 18 heavy (non-hydrogen) atoms. The fourth-order valence-corrected chi connectivity index (χ4v) is 2.55. The van der Waals surface area contributed by atoms with Crippen LogP contribution in [0.1, 0.15) is 23.2 Å². The Kier molecular flexibility index (Phi) is 4.73. The standard InChI is InChI=1S/C14H18N2OS/c1-3-15-9-12-10-18-14(16-12)8-11-5-4-6-13(7-11)17-2/h4-7,10,15H,3,8-9H2,1-2H3. The molecule has 0 unspecified atom stereocenters. The highest BCUT2D eigenvalue weighted by Crippen LogP contribution is 2.18. The lowest BCUT2D eigenvalue weighted by atomic mass is 10.1. The van der Waals surface area contributed by atoms with Gasteiger partial charge in [0, 0.05) is 18.3 Å². The van der Waals surface area contributed by atoms with Gasteiger partial charge in [0.25, 0.3) is 0 Å². The zero-order chi connectivity index (χ0) is 12.8. The number of rotatable bonds is 6. The molecule has 0 saturated carbocycles. The Morgan fingerprint density at radius 3 is 3.06 bits per heavy atom. The normalized spacial score (nSPS) is 10.6. The van der Waals surface area contributed by atoms with Crippen molar-refractivity contribution in [2.75, 3.05) is 13.7 Å². The van der Waals surface area contributed by atoms with E-state index in [2.05, 4.69) is 34.7 Å². The SMILES string of the molecule is CCNCc1csc(Cc2cccc(OC)c2)n1. The van der Waals surface area contributed by atoms with Crippen molar-refractivity contribution in [3.05, 3.63) is 45.9 Å². The van der Waals surface area contributed by atoms with Gasteiger partial charge in [-0.05, 0) is 24.2 Å². The minimum atomic E-state index is 0.852. The molecule has 0 aliphatic carbocycles. The predicted molar refractivity (Wildman–Crippen MR) is 75.3 cm³/mol. The molecule has 0 saturated heterocycles. The third kappa shape index (κ3) is 3.55. The molecule has 4 heteroatoms. The molecule has 0 aliphatic heterocycles. The molecule has 1 N–H and O–H groups in total. The Labute approximate surface area is 112 Å². The maximum atomic E-state index is 5.22. The number of benzene rings is 1. The van der Waals surface area contributed by atoms with Crippen LogP contribution < -0.4 is 10.1 Å². The van der Waals surface area contributed by atoms with Crippen LogP contribution in [-0.2, 0) is 13.0 Å². The summed E-state index contributed by atoms with van der Waals surface area (Å²) in [6.07, 6.45) is 0.869. The number of ether oxygens (including phenoxy) is 1. The van der Waals surface area contributed by atoms with Crippen molar-refractivity contribution >= 4 is 11.3 Å². The molecule has 1 aromatic carbocycles. The molecule has 0 aliphatic rings. The molecule has 0 amide bonds. The van der Waals surface area contributed by atoms with Gasteiger partial charge >= 0.3 is 0 Å². The highest BCUT2D eigenvalue weighted by molar-refractivity contribution is 7.09. The van der Waals surface area contributed by atoms with Gasteiger partial charge in [-0.3, -0.25) is 0 Å². The summed E-state index contributed by atoms with van der Waals surface area (Å²) in [7, 11) is 1.69. The lowest BCUT2D eigenvalue weighted by Crippen LogP contribution is -2.11. The average molecular weight is 262 g/mol. The highest BCUT2D eigenvalue weighted by Gasteiger charge is 2.03. The molecule has 2 aromatic rings. The number of thiazole rings is 1. The first-order valence-electron chi connectivity index (χ1n) is 6.08. The van der Waals surface area contributed by atoms with Crippen LogP contribution in [0.2, 0.25) is 0 Å². The molecule has 0 fully saturated rings. The predicted octanol–water partition coefficient (Wildman–Crippen LogP) is 2.85. The van der Waals surface area contributed by atoms with Crippen LogP contribution in [0.5, 0.6) is 5.75 Å². The summed E-state index contributed by atoms with van der Waals surface area (Å²) in [5.41, 5.74) is 2.36. The van der Waals surface area contributed by atoms with Gasteiger partial charge in [0.05, 0.1) is 17.8 Å². The third-order valence-electron chi connectivity index (χ3n) is 2.64. The molecular weight excluding hydrogens is 244 g/mol. The van der Waals surface area contributed by atoms with Crippen molar-refractivity contribution in [3.8, 4) is 5.75 Å². The first-order chi connectivity index (χ1) is 8.81. The van der Waals surface area contributed by atoms with E-state index in [1.165, 1.54) is 5.56 Å². The summed E-state index contributed by atoms with van der Waals surface area (Å²) < 4.78 is 5.22. The van der Waals surface area contributed by atoms with Gasteiger partial charge in [0.15, 0.2) is 0 Å². The topological polar surface area (TPSA) is 34.1 Å². The van der Waals surface area contributed by atoms with Gasteiger partial charge in [0.1, 0.15) is 5.75 Å².